The smallest absolute Gasteiger partial charge is 0.385 e. The molecule has 0 aliphatic carbocycles. The summed E-state index contributed by atoms with van der Waals surface area (Å²) in [5.41, 5.74) is -1.24. The minimum atomic E-state index is -4.50. The van der Waals surface area contributed by atoms with Crippen molar-refractivity contribution in [2.75, 3.05) is 19.3 Å². The number of hydrogen-bond acceptors (Lipinski definition) is 4. The quantitative estimate of drug-likeness (QED) is 0.244. The van der Waals surface area contributed by atoms with Gasteiger partial charge in [-0.2, -0.15) is 13.2 Å². The molecule has 8 heteroatoms. The number of nitrogens with zero attached hydrogens (tertiary/aromatic N) is 1. The van der Waals surface area contributed by atoms with Gasteiger partial charge in [-0.15, -0.1) is 11.8 Å². The highest BCUT2D eigenvalue weighted by Crippen LogP contribution is 2.30. The molecule has 0 unspecified atom stereocenters. The first-order valence-electron chi connectivity index (χ1n) is 9.02. The summed E-state index contributed by atoms with van der Waals surface area (Å²) in [4.78, 5) is 15.7. The first-order chi connectivity index (χ1) is 12.4. The van der Waals surface area contributed by atoms with Crippen LogP contribution in [0.2, 0.25) is 0 Å². The molecule has 0 saturated heterocycles. The largest absolute Gasteiger partial charge is 0.419 e. The Hall–Kier alpha value is -1.44. The van der Waals surface area contributed by atoms with Crippen LogP contribution in [0.15, 0.2) is 28.5 Å². The highest BCUT2D eigenvalue weighted by atomic mass is 32.2. The molecule has 0 saturated carbocycles. The number of carbonyl (C=O) groups is 1. The van der Waals surface area contributed by atoms with Gasteiger partial charge in [0.2, 0.25) is 5.91 Å². The van der Waals surface area contributed by atoms with E-state index in [4.69, 9.17) is 0 Å². The van der Waals surface area contributed by atoms with Gasteiger partial charge in [0.1, 0.15) is 0 Å². The predicted octanol–water partition coefficient (Wildman–Crippen LogP) is 5.04. The number of hydrogen-bond donors (Lipinski definition) is 2. The van der Waals surface area contributed by atoms with E-state index in [1.165, 1.54) is 11.8 Å². The van der Waals surface area contributed by atoms with Crippen molar-refractivity contribution >= 4 is 22.7 Å². The van der Waals surface area contributed by atoms with Gasteiger partial charge < -0.3 is 10.6 Å². The maximum absolute atomic E-state index is 13.5. The van der Waals surface area contributed by atoms with Gasteiger partial charge in [0.05, 0.1) is 10.6 Å². The fourth-order valence-electron chi connectivity index (χ4n) is 1.85. The number of unbranched alkanes of at least 4 members (excludes halogenated alkanes) is 1. The van der Waals surface area contributed by atoms with Crippen molar-refractivity contribution < 1.29 is 18.0 Å². The van der Waals surface area contributed by atoms with Crippen LogP contribution in [0.25, 0.3) is 0 Å². The summed E-state index contributed by atoms with van der Waals surface area (Å²) >= 11 is 1.29. The molecular formula is C19H32F3N3OS. The SMILES string of the molecule is CCC/C=C(NCCCNC(=O)C(C)(C)C)/C(=C\N=C(C)SC)C(F)(F)F. The zero-order valence-electron chi connectivity index (χ0n) is 17.1. The molecule has 0 spiro atoms. The molecule has 1 amide bonds. The number of halogens is 3. The minimum absolute atomic E-state index is 0.0316. The topological polar surface area (TPSA) is 53.5 Å². The van der Waals surface area contributed by atoms with E-state index in [-0.39, 0.29) is 11.6 Å². The van der Waals surface area contributed by atoms with Crippen LogP contribution in [0.4, 0.5) is 13.2 Å². The second kappa shape index (κ2) is 12.1. The molecule has 0 aliphatic rings. The third kappa shape index (κ3) is 11.1. The number of amides is 1. The lowest BCUT2D eigenvalue weighted by Crippen LogP contribution is -2.36. The van der Waals surface area contributed by atoms with E-state index in [2.05, 4.69) is 15.6 Å². The second-order valence-electron chi connectivity index (χ2n) is 7.09. The highest BCUT2D eigenvalue weighted by molar-refractivity contribution is 8.13. The Morgan fingerprint density at radius 3 is 2.22 bits per heavy atom. The van der Waals surface area contributed by atoms with E-state index < -0.39 is 17.2 Å². The summed E-state index contributed by atoms with van der Waals surface area (Å²) < 4.78 is 40.4. The standard InChI is InChI=1S/C19H32F3N3OS/c1-7-8-10-16(15(19(20,21)22)13-25-14(2)27-6)23-11-9-12-24-17(26)18(3,4)5/h10,13,23H,7-9,11-12H2,1-6H3,(H,24,26)/b15-13+,16-10-,25-14?. The molecule has 0 aliphatic heterocycles. The van der Waals surface area contributed by atoms with Gasteiger partial charge in [-0.3, -0.25) is 9.79 Å². The summed E-state index contributed by atoms with van der Waals surface area (Å²) in [5, 5.41) is 6.20. The first kappa shape index (κ1) is 25.6. The maximum atomic E-state index is 13.5. The van der Waals surface area contributed by atoms with Crippen molar-refractivity contribution in [3.63, 3.8) is 0 Å². The zero-order valence-corrected chi connectivity index (χ0v) is 17.9. The monoisotopic (exact) mass is 407 g/mol. The predicted molar refractivity (Wildman–Crippen MR) is 109 cm³/mol. The van der Waals surface area contributed by atoms with Crippen molar-refractivity contribution in [3.8, 4) is 0 Å². The van der Waals surface area contributed by atoms with Crippen molar-refractivity contribution in [1.29, 1.82) is 0 Å². The Labute approximate surface area is 165 Å². The molecule has 0 aromatic heterocycles. The van der Waals surface area contributed by atoms with E-state index in [0.29, 0.717) is 31.0 Å². The summed E-state index contributed by atoms with van der Waals surface area (Å²) in [7, 11) is 0. The fourth-order valence-corrected chi connectivity index (χ4v) is 2.01. The molecule has 2 N–H and O–H groups in total. The van der Waals surface area contributed by atoms with Gasteiger partial charge in [-0.25, -0.2) is 0 Å². The minimum Gasteiger partial charge on any atom is -0.385 e. The van der Waals surface area contributed by atoms with Crippen molar-refractivity contribution in [2.24, 2.45) is 10.4 Å². The van der Waals surface area contributed by atoms with Crippen LogP contribution in [-0.4, -0.2) is 36.5 Å². The molecule has 0 fully saturated rings. The molecule has 0 radical (unpaired) electrons. The summed E-state index contributed by atoms with van der Waals surface area (Å²) in [6, 6.07) is 0. The van der Waals surface area contributed by atoms with Crippen LogP contribution >= 0.6 is 11.8 Å². The van der Waals surface area contributed by atoms with Gasteiger partial charge in [0.25, 0.3) is 0 Å². The van der Waals surface area contributed by atoms with Crippen LogP contribution in [0.1, 0.15) is 53.9 Å². The summed E-state index contributed by atoms with van der Waals surface area (Å²) in [6.45, 7) is 9.72. The van der Waals surface area contributed by atoms with Gasteiger partial charge in [0, 0.05) is 30.4 Å². The Morgan fingerprint density at radius 1 is 1.15 bits per heavy atom. The van der Waals surface area contributed by atoms with Crippen molar-refractivity contribution in [3.05, 3.63) is 23.5 Å². The van der Waals surface area contributed by atoms with Gasteiger partial charge in [-0.1, -0.05) is 40.2 Å². The Bertz CT molecular complexity index is 562. The third-order valence-corrected chi connectivity index (χ3v) is 4.24. The van der Waals surface area contributed by atoms with E-state index in [9.17, 15) is 18.0 Å². The van der Waals surface area contributed by atoms with Crippen LogP contribution in [0.5, 0.6) is 0 Å². The highest BCUT2D eigenvalue weighted by Gasteiger charge is 2.36. The lowest BCUT2D eigenvalue weighted by atomic mass is 9.96. The lowest BCUT2D eigenvalue weighted by molar-refractivity contribution is -0.128. The van der Waals surface area contributed by atoms with Gasteiger partial charge in [-0.05, 0) is 26.0 Å². The molecule has 0 aromatic rings. The Morgan fingerprint density at radius 2 is 1.74 bits per heavy atom. The second-order valence-corrected chi connectivity index (χ2v) is 8.08. The number of carbonyl (C=O) groups excluding carboxylic acids is 1. The molecule has 156 valence electrons. The van der Waals surface area contributed by atoms with E-state index in [0.717, 1.165) is 12.6 Å². The number of allylic oxidation sites excluding steroid dienone is 2. The molecule has 0 aromatic carbocycles. The number of alkyl halides is 3. The number of aliphatic imine (C=N–C) groups is 1. The molecule has 0 bridgehead atoms. The van der Waals surface area contributed by atoms with Gasteiger partial charge >= 0.3 is 6.18 Å². The number of rotatable bonds is 9. The fraction of sp³-hybridized carbons (Fsp3) is 0.684. The zero-order chi connectivity index (χ0) is 21.1. The molecule has 0 rings (SSSR count). The van der Waals surface area contributed by atoms with E-state index >= 15 is 0 Å². The van der Waals surface area contributed by atoms with Crippen LogP contribution in [0.3, 0.4) is 0 Å². The van der Waals surface area contributed by atoms with Gasteiger partial charge in [0.15, 0.2) is 0 Å². The van der Waals surface area contributed by atoms with Crippen LogP contribution < -0.4 is 10.6 Å². The first-order valence-corrected chi connectivity index (χ1v) is 10.2. The Kier molecular flexibility index (Phi) is 11.5. The normalized spacial score (nSPS) is 14.3. The van der Waals surface area contributed by atoms with Crippen molar-refractivity contribution in [2.45, 2.75) is 60.1 Å². The third-order valence-electron chi connectivity index (χ3n) is 3.54. The molecule has 0 atom stereocenters. The number of nitrogens with one attached hydrogen (secondary N) is 2. The average Bonchev–Trinajstić information content (AvgIpc) is 2.56. The van der Waals surface area contributed by atoms with Crippen molar-refractivity contribution in [1.82, 2.24) is 10.6 Å². The molecule has 4 nitrogen and oxygen atoms in total. The average molecular weight is 408 g/mol. The lowest BCUT2D eigenvalue weighted by Gasteiger charge is -2.19. The summed E-state index contributed by atoms with van der Waals surface area (Å²) in [5.74, 6) is -0.0815. The van der Waals surface area contributed by atoms with Crippen LogP contribution in [0, 0.1) is 5.41 Å². The van der Waals surface area contributed by atoms with E-state index in [1.807, 2.05) is 27.7 Å². The summed E-state index contributed by atoms with van der Waals surface area (Å²) in [6.07, 6.45) is 1.47. The molecule has 27 heavy (non-hydrogen) atoms. The number of thioether (sulfide) groups is 1. The van der Waals surface area contributed by atoms with E-state index in [1.54, 1.807) is 19.3 Å². The molecular weight excluding hydrogens is 375 g/mol. The Balaban J connectivity index is 5.06. The maximum Gasteiger partial charge on any atom is 0.419 e. The van der Waals surface area contributed by atoms with Crippen LogP contribution in [-0.2, 0) is 4.79 Å². The molecule has 0 heterocycles.